The molecular formula is C43H82Cl2N2O. The van der Waals surface area contributed by atoms with E-state index in [0.717, 1.165) is 0 Å². The van der Waals surface area contributed by atoms with Crippen LogP contribution in [-0.4, -0.2) is 37.5 Å². The van der Waals surface area contributed by atoms with Gasteiger partial charge in [-0.25, -0.2) is 0 Å². The van der Waals surface area contributed by atoms with Gasteiger partial charge in [0.05, 0.1) is 0 Å². The first-order valence-electron chi connectivity index (χ1n) is 20.3. The molecule has 0 bridgehead atoms. The van der Waals surface area contributed by atoms with Gasteiger partial charge in [0.15, 0.2) is 0 Å². The third-order valence-corrected chi connectivity index (χ3v) is 9.18. The van der Waals surface area contributed by atoms with Crippen LogP contribution in [0.15, 0.2) is 43.0 Å². The van der Waals surface area contributed by atoms with Crippen molar-refractivity contribution in [1.82, 2.24) is 10.2 Å². The highest BCUT2D eigenvalue weighted by Gasteiger charge is 2.08. The van der Waals surface area contributed by atoms with Crippen LogP contribution in [0.4, 0.5) is 0 Å². The van der Waals surface area contributed by atoms with E-state index in [4.69, 9.17) is 0 Å². The Morgan fingerprint density at radius 1 is 0.542 bits per heavy atom. The highest BCUT2D eigenvalue weighted by molar-refractivity contribution is 5.94. The maximum Gasteiger partial charge on any atom is 0.253 e. The van der Waals surface area contributed by atoms with Gasteiger partial charge < -0.3 is 10.2 Å². The average Bonchev–Trinajstić information content (AvgIpc) is 3.08. The Morgan fingerprint density at radius 2 is 0.833 bits per heavy atom. The summed E-state index contributed by atoms with van der Waals surface area (Å²) in [5.41, 5.74) is 0.715. The standard InChI is InChI=1S/C32H67N.C11H13NO.2ClH/c1-3-5-7-9-11-13-15-17-19-21-23-25-27-29-31-33-32-30-28-26-24-22-20-18-16-14-12-10-8-6-4-2;1-3-9-12(2)11(13)10-7-5-4-6-8-10;;/h33H,3-32H2,1-2H3;3-8H,1,9H2,2H3;2*1H. The van der Waals surface area contributed by atoms with Crippen LogP contribution in [0.3, 0.4) is 0 Å². The van der Waals surface area contributed by atoms with Gasteiger partial charge in [0, 0.05) is 19.2 Å². The molecule has 3 nitrogen and oxygen atoms in total. The van der Waals surface area contributed by atoms with Crippen molar-refractivity contribution < 1.29 is 4.79 Å². The van der Waals surface area contributed by atoms with Crippen molar-refractivity contribution >= 4 is 30.7 Å². The predicted octanol–water partition coefficient (Wildman–Crippen LogP) is 14.3. The maximum atomic E-state index is 11.6. The van der Waals surface area contributed by atoms with E-state index in [-0.39, 0.29) is 30.7 Å². The topological polar surface area (TPSA) is 32.3 Å². The van der Waals surface area contributed by atoms with Crippen molar-refractivity contribution in [1.29, 1.82) is 0 Å². The predicted molar refractivity (Wildman–Crippen MR) is 222 cm³/mol. The maximum absolute atomic E-state index is 11.6. The first-order chi connectivity index (χ1) is 22.7. The molecule has 0 radical (unpaired) electrons. The summed E-state index contributed by atoms with van der Waals surface area (Å²) in [6.45, 7) is 11.3. The van der Waals surface area contributed by atoms with Gasteiger partial charge in [-0.2, -0.15) is 0 Å². The molecule has 1 aromatic carbocycles. The summed E-state index contributed by atoms with van der Waals surface area (Å²) in [4.78, 5) is 13.2. The highest BCUT2D eigenvalue weighted by Crippen LogP contribution is 2.14. The zero-order valence-corrected chi connectivity index (χ0v) is 33.9. The molecule has 284 valence electrons. The van der Waals surface area contributed by atoms with Crippen molar-refractivity contribution in [3.8, 4) is 0 Å². The number of unbranched alkanes of at least 4 members (excludes halogenated alkanes) is 26. The summed E-state index contributed by atoms with van der Waals surface area (Å²) in [5.74, 6) is 0.0282. The lowest BCUT2D eigenvalue weighted by atomic mass is 10.0. The molecule has 0 aliphatic carbocycles. The van der Waals surface area contributed by atoms with Crippen LogP contribution in [0.25, 0.3) is 0 Å². The van der Waals surface area contributed by atoms with Crippen LogP contribution in [0, 0.1) is 0 Å². The van der Waals surface area contributed by atoms with Crippen LogP contribution in [0.2, 0.25) is 0 Å². The zero-order chi connectivity index (χ0) is 33.6. The van der Waals surface area contributed by atoms with Crippen LogP contribution >= 0.6 is 24.8 Å². The molecule has 0 saturated carbocycles. The van der Waals surface area contributed by atoms with Gasteiger partial charge in [0.25, 0.3) is 5.91 Å². The van der Waals surface area contributed by atoms with E-state index in [1.807, 2.05) is 30.3 Å². The molecule has 0 atom stereocenters. The lowest BCUT2D eigenvalue weighted by Gasteiger charge is -2.14. The number of amides is 1. The minimum atomic E-state index is 0. The second-order valence-electron chi connectivity index (χ2n) is 13.8. The fraction of sp³-hybridized carbons (Fsp3) is 0.791. The molecule has 0 unspecified atom stereocenters. The summed E-state index contributed by atoms with van der Waals surface area (Å²) in [6, 6.07) is 9.22. The molecule has 0 fully saturated rings. The molecular weight excluding hydrogens is 631 g/mol. The van der Waals surface area contributed by atoms with E-state index in [2.05, 4.69) is 25.7 Å². The Morgan fingerprint density at radius 3 is 1.12 bits per heavy atom. The van der Waals surface area contributed by atoms with Crippen molar-refractivity contribution in [3.05, 3.63) is 48.6 Å². The number of likely N-dealkylation sites (N-methyl/N-ethyl adjacent to an activating group) is 1. The smallest absolute Gasteiger partial charge is 0.253 e. The van der Waals surface area contributed by atoms with Crippen molar-refractivity contribution in [2.75, 3.05) is 26.7 Å². The third-order valence-electron chi connectivity index (χ3n) is 9.18. The number of nitrogens with one attached hydrogen (secondary N) is 1. The Balaban J connectivity index is -0.00000113. The van der Waals surface area contributed by atoms with Gasteiger partial charge in [-0.05, 0) is 38.1 Å². The number of carbonyl (C=O) groups is 1. The highest BCUT2D eigenvalue weighted by atomic mass is 35.5. The first-order valence-corrected chi connectivity index (χ1v) is 20.3. The van der Waals surface area contributed by atoms with E-state index in [9.17, 15) is 4.79 Å². The average molecular weight is 714 g/mol. The van der Waals surface area contributed by atoms with E-state index in [1.165, 1.54) is 193 Å². The molecule has 48 heavy (non-hydrogen) atoms. The summed E-state index contributed by atoms with van der Waals surface area (Å²) in [7, 11) is 1.76. The molecule has 5 heteroatoms. The first kappa shape index (κ1) is 51.3. The zero-order valence-electron chi connectivity index (χ0n) is 32.3. The number of carbonyl (C=O) groups excluding carboxylic acids is 1. The number of hydrogen-bond donors (Lipinski definition) is 1. The number of nitrogens with zero attached hydrogens (tertiary/aromatic N) is 1. The Kier molecular flexibility index (Phi) is 47.1. The molecule has 0 heterocycles. The Bertz CT molecular complexity index is 716. The van der Waals surface area contributed by atoms with Gasteiger partial charge in [0.2, 0.25) is 0 Å². The molecule has 1 amide bonds. The fourth-order valence-electron chi connectivity index (χ4n) is 6.09. The van der Waals surface area contributed by atoms with E-state index < -0.39 is 0 Å². The van der Waals surface area contributed by atoms with Crippen molar-refractivity contribution in [2.24, 2.45) is 0 Å². The molecule has 1 rings (SSSR count). The van der Waals surface area contributed by atoms with Crippen LogP contribution in [0.5, 0.6) is 0 Å². The SMILES string of the molecule is C=CCN(C)C(=O)c1ccccc1.CCCCCCCCCCCCCCCCNCCCCCCCCCCCCCCCC.Cl.Cl. The minimum Gasteiger partial charge on any atom is -0.338 e. The molecule has 1 aromatic rings. The molecule has 0 saturated heterocycles. The molecule has 0 aliphatic heterocycles. The number of halogens is 2. The van der Waals surface area contributed by atoms with Gasteiger partial charge in [-0.15, -0.1) is 31.4 Å². The summed E-state index contributed by atoms with van der Waals surface area (Å²) >= 11 is 0. The lowest BCUT2D eigenvalue weighted by Crippen LogP contribution is -2.26. The van der Waals surface area contributed by atoms with Gasteiger partial charge >= 0.3 is 0 Å². The van der Waals surface area contributed by atoms with Crippen molar-refractivity contribution in [2.45, 2.75) is 194 Å². The lowest BCUT2D eigenvalue weighted by molar-refractivity contribution is 0.0810. The van der Waals surface area contributed by atoms with Crippen LogP contribution in [-0.2, 0) is 0 Å². The molecule has 0 spiro atoms. The quantitative estimate of drug-likeness (QED) is 0.0581. The number of hydrogen-bond acceptors (Lipinski definition) is 2. The summed E-state index contributed by atoms with van der Waals surface area (Å²) in [5, 5.41) is 3.67. The van der Waals surface area contributed by atoms with Gasteiger partial charge in [0.1, 0.15) is 0 Å². The Hall–Kier alpha value is -1.03. The largest absolute Gasteiger partial charge is 0.338 e. The van der Waals surface area contributed by atoms with Gasteiger partial charge in [-0.1, -0.05) is 205 Å². The van der Waals surface area contributed by atoms with E-state index in [1.54, 1.807) is 18.0 Å². The van der Waals surface area contributed by atoms with E-state index >= 15 is 0 Å². The fourth-order valence-corrected chi connectivity index (χ4v) is 6.09. The summed E-state index contributed by atoms with van der Waals surface area (Å²) in [6.07, 6.45) is 42.4. The van der Waals surface area contributed by atoms with E-state index in [0.29, 0.717) is 12.1 Å². The Labute approximate surface area is 313 Å². The second-order valence-corrected chi connectivity index (χ2v) is 13.8. The second kappa shape index (κ2) is 44.0. The molecule has 0 aliphatic rings. The summed E-state index contributed by atoms with van der Waals surface area (Å²) < 4.78 is 0. The molecule has 0 aromatic heterocycles. The number of rotatable bonds is 33. The van der Waals surface area contributed by atoms with Crippen LogP contribution in [0.1, 0.15) is 204 Å². The van der Waals surface area contributed by atoms with Gasteiger partial charge in [-0.3, -0.25) is 4.79 Å². The van der Waals surface area contributed by atoms with Crippen LogP contribution < -0.4 is 5.32 Å². The normalized spacial score (nSPS) is 10.4. The van der Waals surface area contributed by atoms with Crippen molar-refractivity contribution in [3.63, 3.8) is 0 Å². The minimum absolute atomic E-state index is 0. The molecule has 1 N–H and O–H groups in total. The third kappa shape index (κ3) is 37.8. The number of benzene rings is 1. The monoisotopic (exact) mass is 713 g/mol.